The number of nitrogens with zero attached hydrogens (tertiary/aromatic N) is 1. The maximum absolute atomic E-state index is 5.87. The molecule has 90 valence electrons. The SMILES string of the molecule is CN(C)c1ccccc1C#Cc1ccccc1N. The van der Waals surface area contributed by atoms with Crippen LogP contribution in [0.2, 0.25) is 0 Å². The van der Waals surface area contributed by atoms with Gasteiger partial charge in [0.2, 0.25) is 0 Å². The van der Waals surface area contributed by atoms with Crippen LogP contribution in [0.4, 0.5) is 11.4 Å². The molecule has 0 heterocycles. The summed E-state index contributed by atoms with van der Waals surface area (Å²) in [6.07, 6.45) is 0. The number of para-hydroxylation sites is 2. The van der Waals surface area contributed by atoms with Crippen LogP contribution in [0, 0.1) is 11.8 Å². The van der Waals surface area contributed by atoms with Crippen molar-refractivity contribution in [3.05, 3.63) is 59.7 Å². The van der Waals surface area contributed by atoms with Gasteiger partial charge in [-0.25, -0.2) is 0 Å². The molecule has 2 N–H and O–H groups in total. The predicted octanol–water partition coefficient (Wildman–Crippen LogP) is 2.73. The minimum absolute atomic E-state index is 0.715. The van der Waals surface area contributed by atoms with E-state index in [0.29, 0.717) is 5.69 Å². The fourth-order valence-corrected chi connectivity index (χ4v) is 1.71. The van der Waals surface area contributed by atoms with Gasteiger partial charge in [-0.15, -0.1) is 0 Å². The molecule has 0 aliphatic heterocycles. The predicted molar refractivity (Wildman–Crippen MR) is 77.6 cm³/mol. The highest BCUT2D eigenvalue weighted by Gasteiger charge is 2.00. The third-order valence-electron chi connectivity index (χ3n) is 2.68. The zero-order valence-corrected chi connectivity index (χ0v) is 10.6. The number of benzene rings is 2. The van der Waals surface area contributed by atoms with Crippen molar-refractivity contribution in [2.24, 2.45) is 0 Å². The van der Waals surface area contributed by atoms with Crippen molar-refractivity contribution in [3.8, 4) is 11.8 Å². The lowest BCUT2D eigenvalue weighted by molar-refractivity contribution is 1.13. The Kier molecular flexibility index (Phi) is 3.54. The van der Waals surface area contributed by atoms with Crippen LogP contribution in [0.25, 0.3) is 0 Å². The molecule has 2 heteroatoms. The molecule has 0 fully saturated rings. The van der Waals surface area contributed by atoms with Crippen molar-refractivity contribution in [1.82, 2.24) is 0 Å². The highest BCUT2D eigenvalue weighted by molar-refractivity contribution is 5.63. The second-order valence-corrected chi connectivity index (χ2v) is 4.25. The summed E-state index contributed by atoms with van der Waals surface area (Å²) in [7, 11) is 4.02. The average molecular weight is 236 g/mol. The first kappa shape index (κ1) is 12.1. The molecule has 0 amide bonds. The molecule has 0 spiro atoms. The smallest absolute Gasteiger partial charge is 0.0520 e. The molecule has 0 unspecified atom stereocenters. The van der Waals surface area contributed by atoms with E-state index in [1.807, 2.05) is 56.6 Å². The van der Waals surface area contributed by atoms with Gasteiger partial charge in [-0.3, -0.25) is 0 Å². The van der Waals surface area contributed by atoms with Gasteiger partial charge in [-0.2, -0.15) is 0 Å². The van der Waals surface area contributed by atoms with E-state index in [9.17, 15) is 0 Å². The van der Waals surface area contributed by atoms with Gasteiger partial charge in [0.15, 0.2) is 0 Å². The van der Waals surface area contributed by atoms with E-state index in [-0.39, 0.29) is 0 Å². The van der Waals surface area contributed by atoms with Crippen LogP contribution in [-0.2, 0) is 0 Å². The summed E-state index contributed by atoms with van der Waals surface area (Å²) in [5.41, 5.74) is 9.57. The van der Waals surface area contributed by atoms with Crippen molar-refractivity contribution < 1.29 is 0 Å². The van der Waals surface area contributed by atoms with Crippen molar-refractivity contribution in [2.45, 2.75) is 0 Å². The van der Waals surface area contributed by atoms with Crippen LogP contribution in [0.15, 0.2) is 48.5 Å². The van der Waals surface area contributed by atoms with Crippen LogP contribution < -0.4 is 10.6 Å². The van der Waals surface area contributed by atoms with E-state index in [1.165, 1.54) is 0 Å². The third kappa shape index (κ3) is 2.64. The van der Waals surface area contributed by atoms with Gasteiger partial charge >= 0.3 is 0 Å². The minimum Gasteiger partial charge on any atom is -0.398 e. The summed E-state index contributed by atoms with van der Waals surface area (Å²) < 4.78 is 0. The Morgan fingerprint density at radius 1 is 0.833 bits per heavy atom. The Balaban J connectivity index is 2.39. The van der Waals surface area contributed by atoms with E-state index < -0.39 is 0 Å². The Morgan fingerprint density at radius 3 is 2.06 bits per heavy atom. The van der Waals surface area contributed by atoms with E-state index in [2.05, 4.69) is 22.8 Å². The van der Waals surface area contributed by atoms with Gasteiger partial charge < -0.3 is 10.6 Å². The normalized spacial score (nSPS) is 9.44. The second kappa shape index (κ2) is 5.29. The molecule has 0 saturated carbocycles. The summed E-state index contributed by atoms with van der Waals surface area (Å²) in [5, 5.41) is 0. The average Bonchev–Trinajstić information content (AvgIpc) is 2.38. The molecule has 0 atom stereocenters. The van der Waals surface area contributed by atoms with E-state index >= 15 is 0 Å². The fourth-order valence-electron chi connectivity index (χ4n) is 1.71. The molecule has 2 aromatic rings. The van der Waals surface area contributed by atoms with Crippen molar-refractivity contribution in [3.63, 3.8) is 0 Å². The molecule has 0 aliphatic carbocycles. The number of anilines is 2. The molecule has 0 aromatic heterocycles. The first-order valence-electron chi connectivity index (χ1n) is 5.81. The minimum atomic E-state index is 0.715. The van der Waals surface area contributed by atoms with Gasteiger partial charge in [-0.05, 0) is 24.3 Å². The van der Waals surface area contributed by atoms with Gasteiger partial charge in [0.05, 0.1) is 5.69 Å². The summed E-state index contributed by atoms with van der Waals surface area (Å²) in [4.78, 5) is 2.05. The van der Waals surface area contributed by atoms with Gasteiger partial charge in [0.25, 0.3) is 0 Å². The molecule has 18 heavy (non-hydrogen) atoms. The quantitative estimate of drug-likeness (QED) is 0.609. The van der Waals surface area contributed by atoms with E-state index in [1.54, 1.807) is 0 Å². The summed E-state index contributed by atoms with van der Waals surface area (Å²) in [6.45, 7) is 0. The maximum atomic E-state index is 5.87. The first-order valence-corrected chi connectivity index (χ1v) is 5.81. The van der Waals surface area contributed by atoms with Crippen LogP contribution in [-0.4, -0.2) is 14.1 Å². The number of hydrogen-bond acceptors (Lipinski definition) is 2. The molecule has 2 aromatic carbocycles. The molecule has 0 saturated heterocycles. The largest absolute Gasteiger partial charge is 0.398 e. The highest BCUT2D eigenvalue weighted by Crippen LogP contribution is 2.17. The first-order chi connectivity index (χ1) is 8.68. The summed E-state index contributed by atoms with van der Waals surface area (Å²) in [6, 6.07) is 15.7. The van der Waals surface area contributed by atoms with E-state index in [0.717, 1.165) is 16.8 Å². The lowest BCUT2D eigenvalue weighted by Crippen LogP contribution is -2.10. The zero-order valence-electron chi connectivity index (χ0n) is 10.6. The Morgan fingerprint density at radius 2 is 1.39 bits per heavy atom. The van der Waals surface area contributed by atoms with E-state index in [4.69, 9.17) is 5.73 Å². The molecule has 0 radical (unpaired) electrons. The number of nitrogens with two attached hydrogens (primary N) is 1. The zero-order chi connectivity index (χ0) is 13.0. The Bertz CT molecular complexity index is 604. The highest BCUT2D eigenvalue weighted by atomic mass is 15.1. The monoisotopic (exact) mass is 236 g/mol. The third-order valence-corrected chi connectivity index (χ3v) is 2.68. The molecular weight excluding hydrogens is 220 g/mol. The number of rotatable bonds is 1. The van der Waals surface area contributed by atoms with Gasteiger partial charge in [0.1, 0.15) is 0 Å². The molecule has 0 bridgehead atoms. The van der Waals surface area contributed by atoms with Crippen LogP contribution >= 0.6 is 0 Å². The fraction of sp³-hybridized carbons (Fsp3) is 0.125. The topological polar surface area (TPSA) is 29.3 Å². The lowest BCUT2D eigenvalue weighted by Gasteiger charge is -2.13. The van der Waals surface area contributed by atoms with Crippen LogP contribution in [0.5, 0.6) is 0 Å². The summed E-state index contributed by atoms with van der Waals surface area (Å²) in [5.74, 6) is 6.30. The standard InChI is InChI=1S/C16H16N2/c1-18(2)16-10-6-4-8-14(16)12-11-13-7-3-5-9-15(13)17/h3-10H,17H2,1-2H3. The summed E-state index contributed by atoms with van der Waals surface area (Å²) >= 11 is 0. The number of hydrogen-bond donors (Lipinski definition) is 1. The maximum Gasteiger partial charge on any atom is 0.0520 e. The van der Waals surface area contributed by atoms with Gasteiger partial charge in [-0.1, -0.05) is 36.1 Å². The van der Waals surface area contributed by atoms with Crippen LogP contribution in [0.3, 0.4) is 0 Å². The molecule has 2 nitrogen and oxygen atoms in total. The number of nitrogen functional groups attached to an aromatic ring is 1. The Hall–Kier alpha value is -2.40. The van der Waals surface area contributed by atoms with Crippen molar-refractivity contribution in [1.29, 1.82) is 0 Å². The van der Waals surface area contributed by atoms with Crippen molar-refractivity contribution in [2.75, 3.05) is 24.7 Å². The molecular formula is C16H16N2. The lowest BCUT2D eigenvalue weighted by atomic mass is 10.1. The van der Waals surface area contributed by atoms with Crippen molar-refractivity contribution >= 4 is 11.4 Å². The van der Waals surface area contributed by atoms with Crippen LogP contribution in [0.1, 0.15) is 11.1 Å². The van der Waals surface area contributed by atoms with Gasteiger partial charge in [0, 0.05) is 30.9 Å². The molecule has 2 rings (SSSR count). The Labute approximate surface area is 108 Å². The second-order valence-electron chi connectivity index (χ2n) is 4.25. The molecule has 0 aliphatic rings.